The lowest BCUT2D eigenvalue weighted by Crippen LogP contribution is -2.26. The lowest BCUT2D eigenvalue weighted by Gasteiger charge is -2.24. The Morgan fingerprint density at radius 2 is 1.90 bits per heavy atom. The third kappa shape index (κ3) is 4.16. The van der Waals surface area contributed by atoms with E-state index in [1.807, 2.05) is 0 Å². The van der Waals surface area contributed by atoms with Gasteiger partial charge in [-0.05, 0) is 29.8 Å². The van der Waals surface area contributed by atoms with Crippen LogP contribution in [0.2, 0.25) is 0 Å². The second kappa shape index (κ2) is 8.08. The van der Waals surface area contributed by atoms with E-state index >= 15 is 0 Å². The summed E-state index contributed by atoms with van der Waals surface area (Å²) in [6.45, 7) is 1.11. The van der Waals surface area contributed by atoms with Gasteiger partial charge in [-0.15, -0.1) is 10.2 Å². The van der Waals surface area contributed by atoms with E-state index in [9.17, 15) is 18.0 Å². The summed E-state index contributed by atoms with van der Waals surface area (Å²) in [5.74, 6) is -1.56. The molecule has 0 aliphatic carbocycles. The molecule has 4 rings (SSSR count). The Labute approximate surface area is 162 Å². The number of pyridine rings is 1. The maximum atomic E-state index is 14.3. The Kier molecular flexibility index (Phi) is 5.34. The number of benzene rings is 1. The molecule has 0 bridgehead atoms. The number of H-pyrrole nitrogens is 1. The van der Waals surface area contributed by atoms with Gasteiger partial charge in [0.05, 0.1) is 18.8 Å². The Morgan fingerprint density at radius 3 is 2.62 bits per heavy atom. The minimum Gasteiger partial charge on any atom is -0.489 e. The number of hydrogen-bond acceptors (Lipinski definition) is 6. The topological polar surface area (TPSA) is 90.2 Å². The Hall–Kier alpha value is -3.14. The number of nitrogens with zero attached hydrogens (tertiary/aromatic N) is 2. The van der Waals surface area contributed by atoms with Crippen molar-refractivity contribution in [3.05, 3.63) is 52.5 Å². The standard InChI is InChI=1S/C19H16F3N3O4/c20-12-8-10(7-11(9-12)18-24-25-19(29-18)16(21)22)15-14(1-4-23-17(15)26)28-13-2-5-27-6-3-13/h1,4,7-9,13,16H,2-3,5-6H2,(H,23,26). The summed E-state index contributed by atoms with van der Waals surface area (Å²) in [6.07, 6.45) is -0.311. The molecule has 3 heterocycles. The highest BCUT2D eigenvalue weighted by Crippen LogP contribution is 2.32. The summed E-state index contributed by atoms with van der Waals surface area (Å²) in [7, 11) is 0. The van der Waals surface area contributed by atoms with Gasteiger partial charge in [0.15, 0.2) is 0 Å². The summed E-state index contributed by atoms with van der Waals surface area (Å²) in [5.41, 5.74) is -0.0985. The Morgan fingerprint density at radius 1 is 1.14 bits per heavy atom. The number of aromatic amines is 1. The predicted molar refractivity (Wildman–Crippen MR) is 95.2 cm³/mol. The molecule has 0 spiro atoms. The fourth-order valence-electron chi connectivity index (χ4n) is 3.10. The van der Waals surface area contributed by atoms with E-state index in [0.29, 0.717) is 26.1 Å². The van der Waals surface area contributed by atoms with Crippen molar-refractivity contribution < 1.29 is 27.1 Å². The fraction of sp³-hybridized carbons (Fsp3) is 0.316. The largest absolute Gasteiger partial charge is 0.489 e. The van der Waals surface area contributed by atoms with Crippen molar-refractivity contribution in [2.24, 2.45) is 0 Å². The highest BCUT2D eigenvalue weighted by Gasteiger charge is 2.21. The normalized spacial score (nSPS) is 15.0. The van der Waals surface area contributed by atoms with E-state index in [4.69, 9.17) is 13.9 Å². The average Bonchev–Trinajstić information content (AvgIpc) is 3.19. The van der Waals surface area contributed by atoms with Crippen LogP contribution in [-0.2, 0) is 4.74 Å². The van der Waals surface area contributed by atoms with E-state index in [0.717, 1.165) is 12.1 Å². The van der Waals surface area contributed by atoms with Crippen molar-refractivity contribution in [3.8, 4) is 28.3 Å². The number of hydrogen-bond donors (Lipinski definition) is 1. The van der Waals surface area contributed by atoms with Gasteiger partial charge in [-0.1, -0.05) is 0 Å². The first-order valence-electron chi connectivity index (χ1n) is 8.90. The SMILES string of the molecule is O=c1[nH]ccc(OC2CCOCC2)c1-c1cc(F)cc(-c2nnc(C(F)F)o2)c1. The molecule has 2 aromatic heterocycles. The van der Waals surface area contributed by atoms with Gasteiger partial charge in [0, 0.05) is 24.6 Å². The first-order valence-corrected chi connectivity index (χ1v) is 8.90. The molecule has 152 valence electrons. The van der Waals surface area contributed by atoms with Crippen LogP contribution in [0.4, 0.5) is 13.2 Å². The van der Waals surface area contributed by atoms with Gasteiger partial charge in [0.25, 0.3) is 11.4 Å². The minimum atomic E-state index is -2.94. The molecule has 1 saturated heterocycles. The molecule has 10 heteroatoms. The van der Waals surface area contributed by atoms with Gasteiger partial charge in [-0.25, -0.2) is 4.39 Å². The molecule has 3 aromatic rings. The summed E-state index contributed by atoms with van der Waals surface area (Å²) in [5, 5.41) is 6.77. The molecule has 0 amide bonds. The second-order valence-electron chi connectivity index (χ2n) is 6.45. The number of aromatic nitrogens is 3. The molecular formula is C19H16F3N3O4. The van der Waals surface area contributed by atoms with Crippen molar-refractivity contribution in [3.63, 3.8) is 0 Å². The zero-order chi connectivity index (χ0) is 20.4. The zero-order valence-corrected chi connectivity index (χ0v) is 15.0. The van der Waals surface area contributed by atoms with Crippen LogP contribution in [0, 0.1) is 5.82 Å². The maximum absolute atomic E-state index is 14.3. The first-order chi connectivity index (χ1) is 14.0. The van der Waals surface area contributed by atoms with E-state index in [-0.39, 0.29) is 34.4 Å². The number of halogens is 3. The van der Waals surface area contributed by atoms with Crippen molar-refractivity contribution in [2.75, 3.05) is 13.2 Å². The maximum Gasteiger partial charge on any atom is 0.314 e. The molecule has 1 N–H and O–H groups in total. The molecule has 0 radical (unpaired) electrons. The highest BCUT2D eigenvalue weighted by molar-refractivity contribution is 5.73. The molecule has 1 aromatic carbocycles. The third-order valence-electron chi connectivity index (χ3n) is 4.45. The Bertz CT molecular complexity index is 1060. The number of ether oxygens (including phenoxy) is 2. The van der Waals surface area contributed by atoms with Gasteiger partial charge < -0.3 is 18.9 Å². The predicted octanol–water partition coefficient (Wildman–Crippen LogP) is 3.73. The first kappa shape index (κ1) is 19.2. The Balaban J connectivity index is 1.74. The van der Waals surface area contributed by atoms with Crippen molar-refractivity contribution >= 4 is 0 Å². The number of nitrogens with one attached hydrogen (secondary N) is 1. The van der Waals surface area contributed by atoms with E-state index < -0.39 is 23.7 Å². The van der Waals surface area contributed by atoms with Crippen LogP contribution in [-0.4, -0.2) is 34.5 Å². The van der Waals surface area contributed by atoms with Crippen molar-refractivity contribution in [1.29, 1.82) is 0 Å². The van der Waals surface area contributed by atoms with Crippen LogP contribution >= 0.6 is 0 Å². The quantitative estimate of drug-likeness (QED) is 0.693. The van der Waals surface area contributed by atoms with Gasteiger partial charge in [0.2, 0.25) is 5.89 Å². The zero-order valence-electron chi connectivity index (χ0n) is 15.0. The van der Waals surface area contributed by atoms with Gasteiger partial charge in [0.1, 0.15) is 17.7 Å². The molecule has 29 heavy (non-hydrogen) atoms. The van der Waals surface area contributed by atoms with Gasteiger partial charge in [-0.3, -0.25) is 4.79 Å². The number of rotatable bonds is 5. The van der Waals surface area contributed by atoms with Crippen LogP contribution < -0.4 is 10.3 Å². The van der Waals surface area contributed by atoms with Crippen molar-refractivity contribution in [2.45, 2.75) is 25.4 Å². The van der Waals surface area contributed by atoms with E-state index in [2.05, 4.69) is 15.2 Å². The summed E-state index contributed by atoms with van der Waals surface area (Å²) in [6, 6.07) is 5.20. The third-order valence-corrected chi connectivity index (χ3v) is 4.45. The van der Waals surface area contributed by atoms with Crippen LogP contribution in [0.5, 0.6) is 5.75 Å². The van der Waals surface area contributed by atoms with Gasteiger partial charge in [-0.2, -0.15) is 8.78 Å². The van der Waals surface area contributed by atoms with Crippen LogP contribution in [0.15, 0.2) is 39.7 Å². The average molecular weight is 407 g/mol. The van der Waals surface area contributed by atoms with Crippen LogP contribution in [0.25, 0.3) is 22.6 Å². The molecule has 0 saturated carbocycles. The van der Waals surface area contributed by atoms with Gasteiger partial charge >= 0.3 is 6.43 Å². The molecule has 1 fully saturated rings. The minimum absolute atomic E-state index is 0.0691. The molecule has 1 aliphatic heterocycles. The number of alkyl halides is 2. The van der Waals surface area contributed by atoms with E-state index in [1.165, 1.54) is 12.3 Å². The lowest BCUT2D eigenvalue weighted by atomic mass is 10.0. The summed E-state index contributed by atoms with van der Waals surface area (Å²) in [4.78, 5) is 15.0. The molecule has 0 unspecified atom stereocenters. The summed E-state index contributed by atoms with van der Waals surface area (Å²) >= 11 is 0. The van der Waals surface area contributed by atoms with Crippen LogP contribution in [0.3, 0.4) is 0 Å². The smallest absolute Gasteiger partial charge is 0.314 e. The second-order valence-corrected chi connectivity index (χ2v) is 6.45. The molecule has 1 aliphatic rings. The fourth-order valence-corrected chi connectivity index (χ4v) is 3.10. The molecular weight excluding hydrogens is 391 g/mol. The lowest BCUT2D eigenvalue weighted by molar-refractivity contribution is 0.0257. The molecule has 7 nitrogen and oxygen atoms in total. The van der Waals surface area contributed by atoms with Crippen LogP contribution in [0.1, 0.15) is 25.2 Å². The van der Waals surface area contributed by atoms with E-state index in [1.54, 1.807) is 6.07 Å². The van der Waals surface area contributed by atoms with Crippen molar-refractivity contribution in [1.82, 2.24) is 15.2 Å². The highest BCUT2D eigenvalue weighted by atomic mass is 19.3. The summed E-state index contributed by atoms with van der Waals surface area (Å²) < 4.78 is 55.9. The monoisotopic (exact) mass is 407 g/mol. The molecule has 0 atom stereocenters.